The monoisotopic (exact) mass is 284 g/mol. The van der Waals surface area contributed by atoms with Crippen molar-refractivity contribution in [1.29, 1.82) is 0 Å². The Morgan fingerprint density at radius 2 is 2.21 bits per heavy atom. The molecule has 0 aromatic carbocycles. The largest absolute Gasteiger partial charge is 0.378 e. The van der Waals surface area contributed by atoms with E-state index in [4.69, 9.17) is 4.74 Å². The Kier molecular flexibility index (Phi) is 5.18. The normalized spacial score (nSPS) is 31.6. The van der Waals surface area contributed by atoms with E-state index in [-0.39, 0.29) is 0 Å². The van der Waals surface area contributed by atoms with Gasteiger partial charge in [-0.05, 0) is 24.7 Å². The van der Waals surface area contributed by atoms with Crippen molar-refractivity contribution >= 4 is 16.9 Å². The van der Waals surface area contributed by atoms with Crippen molar-refractivity contribution < 1.29 is 4.74 Å². The number of nitrogens with one attached hydrogen (secondary N) is 1. The Balaban J connectivity index is 1.70. The summed E-state index contributed by atoms with van der Waals surface area (Å²) in [6, 6.07) is 0. The molecule has 1 N–H and O–H groups in total. The summed E-state index contributed by atoms with van der Waals surface area (Å²) in [5.74, 6) is 0.662. The van der Waals surface area contributed by atoms with E-state index in [0.717, 1.165) is 31.3 Å². The summed E-state index contributed by atoms with van der Waals surface area (Å²) in [5.41, 5.74) is 0.398. The van der Waals surface area contributed by atoms with Gasteiger partial charge in [-0.1, -0.05) is 39.5 Å². The molecule has 2 heterocycles. The van der Waals surface area contributed by atoms with Crippen molar-refractivity contribution in [2.24, 2.45) is 16.3 Å². The lowest BCUT2D eigenvalue weighted by Crippen LogP contribution is -2.31. The summed E-state index contributed by atoms with van der Waals surface area (Å²) in [6.07, 6.45) is 3.99. The molecule has 2 rings (SSSR count). The molecule has 2 aliphatic heterocycles. The lowest BCUT2D eigenvalue weighted by Gasteiger charge is -2.22. The summed E-state index contributed by atoms with van der Waals surface area (Å²) < 4.78 is 5.73. The van der Waals surface area contributed by atoms with Crippen LogP contribution in [0, 0.1) is 11.3 Å². The predicted molar refractivity (Wildman–Crippen MR) is 83.9 cm³/mol. The molecule has 3 atom stereocenters. The molecule has 4 heteroatoms. The van der Waals surface area contributed by atoms with Gasteiger partial charge in [0.2, 0.25) is 0 Å². The van der Waals surface area contributed by atoms with Crippen molar-refractivity contribution in [2.45, 2.75) is 58.3 Å². The Hall–Kier alpha value is -0.220. The third-order valence-electron chi connectivity index (χ3n) is 3.82. The van der Waals surface area contributed by atoms with E-state index in [1.165, 1.54) is 12.8 Å². The molecule has 0 bridgehead atoms. The van der Waals surface area contributed by atoms with Gasteiger partial charge in [0.1, 0.15) is 0 Å². The van der Waals surface area contributed by atoms with Crippen LogP contribution in [-0.2, 0) is 4.74 Å². The summed E-state index contributed by atoms with van der Waals surface area (Å²) >= 11 is 1.93. The van der Waals surface area contributed by atoms with Gasteiger partial charge in [-0.3, -0.25) is 4.99 Å². The van der Waals surface area contributed by atoms with Gasteiger partial charge in [-0.2, -0.15) is 0 Å². The fourth-order valence-corrected chi connectivity index (χ4v) is 4.26. The summed E-state index contributed by atoms with van der Waals surface area (Å²) in [6.45, 7) is 12.1. The molecule has 0 saturated carbocycles. The molecule has 0 amide bonds. The van der Waals surface area contributed by atoms with Crippen LogP contribution < -0.4 is 5.32 Å². The van der Waals surface area contributed by atoms with Gasteiger partial charge in [0.05, 0.1) is 12.6 Å². The van der Waals surface area contributed by atoms with Gasteiger partial charge in [-0.25, -0.2) is 0 Å². The first-order valence-electron chi connectivity index (χ1n) is 7.54. The SMILES string of the molecule is CCC1OCCC1CNC1=NCC(CC(C)(C)C)S1. The van der Waals surface area contributed by atoms with E-state index in [9.17, 15) is 0 Å². The van der Waals surface area contributed by atoms with E-state index < -0.39 is 0 Å². The zero-order chi connectivity index (χ0) is 13.9. The van der Waals surface area contributed by atoms with Crippen LogP contribution in [0.3, 0.4) is 0 Å². The van der Waals surface area contributed by atoms with Gasteiger partial charge in [-0.15, -0.1) is 0 Å². The first-order chi connectivity index (χ1) is 8.98. The molecule has 3 unspecified atom stereocenters. The lowest BCUT2D eigenvalue weighted by atomic mass is 9.90. The topological polar surface area (TPSA) is 33.6 Å². The standard InChI is InChI=1S/C15H28N2OS/c1-5-13-11(6-7-18-13)9-16-14-17-10-12(19-14)8-15(2,3)4/h11-13H,5-10H2,1-4H3,(H,16,17). The fourth-order valence-electron chi connectivity index (χ4n) is 2.90. The molecular formula is C15H28N2OS. The van der Waals surface area contributed by atoms with Crippen molar-refractivity contribution in [3.63, 3.8) is 0 Å². The molecule has 3 nitrogen and oxygen atoms in total. The smallest absolute Gasteiger partial charge is 0.156 e. The average molecular weight is 284 g/mol. The number of amidine groups is 1. The van der Waals surface area contributed by atoms with Crippen LogP contribution in [0.25, 0.3) is 0 Å². The lowest BCUT2D eigenvalue weighted by molar-refractivity contribution is 0.0883. The first-order valence-corrected chi connectivity index (χ1v) is 8.42. The third kappa shape index (κ3) is 4.67. The quantitative estimate of drug-likeness (QED) is 0.860. The van der Waals surface area contributed by atoms with E-state index >= 15 is 0 Å². The molecule has 0 aliphatic carbocycles. The van der Waals surface area contributed by atoms with Gasteiger partial charge in [0, 0.05) is 24.3 Å². The van der Waals surface area contributed by atoms with Gasteiger partial charge in [0.15, 0.2) is 5.17 Å². The minimum atomic E-state index is 0.398. The highest BCUT2D eigenvalue weighted by molar-refractivity contribution is 8.14. The van der Waals surface area contributed by atoms with E-state index in [1.807, 2.05) is 11.8 Å². The van der Waals surface area contributed by atoms with Crippen molar-refractivity contribution in [3.8, 4) is 0 Å². The number of hydrogen-bond donors (Lipinski definition) is 1. The second-order valence-corrected chi connectivity index (χ2v) is 8.19. The number of ether oxygens (including phenoxy) is 1. The zero-order valence-electron chi connectivity index (χ0n) is 12.7. The molecule has 110 valence electrons. The fraction of sp³-hybridized carbons (Fsp3) is 0.933. The predicted octanol–water partition coefficient (Wildman–Crippen LogP) is 3.30. The van der Waals surface area contributed by atoms with Crippen LogP contribution in [0.15, 0.2) is 4.99 Å². The summed E-state index contributed by atoms with van der Waals surface area (Å²) in [4.78, 5) is 4.64. The third-order valence-corrected chi connectivity index (χ3v) is 4.97. The van der Waals surface area contributed by atoms with E-state index in [1.54, 1.807) is 0 Å². The maximum Gasteiger partial charge on any atom is 0.156 e. The van der Waals surface area contributed by atoms with Crippen LogP contribution in [0.5, 0.6) is 0 Å². The van der Waals surface area contributed by atoms with Gasteiger partial charge >= 0.3 is 0 Å². The molecule has 1 fully saturated rings. The Bertz CT molecular complexity index is 325. The highest BCUT2D eigenvalue weighted by Gasteiger charge is 2.28. The number of thioether (sulfide) groups is 1. The molecule has 0 aromatic heterocycles. The minimum absolute atomic E-state index is 0.398. The molecule has 0 aromatic rings. The number of aliphatic imine (C=N–C) groups is 1. The van der Waals surface area contributed by atoms with E-state index in [2.05, 4.69) is 38.0 Å². The van der Waals surface area contributed by atoms with Crippen LogP contribution in [0.4, 0.5) is 0 Å². The van der Waals surface area contributed by atoms with Crippen LogP contribution >= 0.6 is 11.8 Å². The van der Waals surface area contributed by atoms with Crippen molar-refractivity contribution in [3.05, 3.63) is 0 Å². The second kappa shape index (κ2) is 6.49. The molecular weight excluding hydrogens is 256 g/mol. The molecule has 0 radical (unpaired) electrons. The van der Waals surface area contributed by atoms with Crippen molar-refractivity contribution in [1.82, 2.24) is 5.32 Å². The average Bonchev–Trinajstić information content (AvgIpc) is 2.92. The Morgan fingerprint density at radius 1 is 1.42 bits per heavy atom. The Morgan fingerprint density at radius 3 is 2.89 bits per heavy atom. The van der Waals surface area contributed by atoms with Crippen LogP contribution in [-0.4, -0.2) is 36.2 Å². The first kappa shape index (κ1) is 15.2. The second-order valence-electron chi connectivity index (χ2n) is 6.90. The van der Waals surface area contributed by atoms with Crippen LogP contribution in [0.1, 0.15) is 47.0 Å². The molecule has 0 spiro atoms. The maximum atomic E-state index is 5.73. The highest BCUT2D eigenvalue weighted by Crippen LogP contribution is 2.31. The molecule has 2 aliphatic rings. The van der Waals surface area contributed by atoms with Gasteiger partial charge < -0.3 is 10.1 Å². The number of nitrogens with zero attached hydrogens (tertiary/aromatic N) is 1. The van der Waals surface area contributed by atoms with E-state index in [0.29, 0.717) is 22.7 Å². The minimum Gasteiger partial charge on any atom is -0.378 e. The number of rotatable bonds is 4. The molecule has 19 heavy (non-hydrogen) atoms. The summed E-state index contributed by atoms with van der Waals surface area (Å²) in [7, 11) is 0. The highest BCUT2D eigenvalue weighted by atomic mass is 32.2. The molecule has 1 saturated heterocycles. The van der Waals surface area contributed by atoms with Gasteiger partial charge in [0.25, 0.3) is 0 Å². The Labute approximate surface area is 122 Å². The summed E-state index contributed by atoms with van der Waals surface area (Å²) in [5, 5.41) is 5.34. The van der Waals surface area contributed by atoms with Crippen molar-refractivity contribution in [2.75, 3.05) is 19.7 Å². The zero-order valence-corrected chi connectivity index (χ0v) is 13.6. The maximum absolute atomic E-state index is 5.73. The number of hydrogen-bond acceptors (Lipinski definition) is 4. The van der Waals surface area contributed by atoms with Crippen LogP contribution in [0.2, 0.25) is 0 Å².